The predicted molar refractivity (Wildman–Crippen MR) is 131 cm³/mol. The van der Waals surface area contributed by atoms with Gasteiger partial charge in [-0.2, -0.15) is 0 Å². The number of rotatable bonds is 10. The minimum atomic E-state index is -4.85. The summed E-state index contributed by atoms with van der Waals surface area (Å²) in [6, 6.07) is 15.1. The molecule has 0 saturated heterocycles. The van der Waals surface area contributed by atoms with Crippen molar-refractivity contribution < 1.29 is 50.5 Å². The Balaban J connectivity index is 1.84. The summed E-state index contributed by atoms with van der Waals surface area (Å²) in [5.41, 5.74) is 1.55. The zero-order valence-corrected chi connectivity index (χ0v) is 21.4. The molecule has 0 aromatic heterocycles. The molecule has 0 atom stereocenters. The molecular formula is C25H17BrF6O5S. The molecule has 13 heteroatoms. The van der Waals surface area contributed by atoms with Gasteiger partial charge in [0.1, 0.15) is 17.2 Å². The molecule has 3 rings (SSSR count). The first-order chi connectivity index (χ1) is 17.8. The van der Waals surface area contributed by atoms with Crippen molar-refractivity contribution >= 4 is 39.2 Å². The summed E-state index contributed by atoms with van der Waals surface area (Å²) in [4.78, 5) is 11.4. The van der Waals surface area contributed by atoms with Crippen molar-refractivity contribution in [3.8, 4) is 17.2 Å². The minimum Gasteiger partial charge on any atom is -0.482 e. The van der Waals surface area contributed by atoms with Crippen molar-refractivity contribution in [2.75, 3.05) is 12.4 Å². The lowest BCUT2D eigenvalue weighted by Gasteiger charge is -2.13. The van der Waals surface area contributed by atoms with E-state index < -0.39 is 36.8 Å². The van der Waals surface area contributed by atoms with E-state index in [4.69, 9.17) is 9.84 Å². The van der Waals surface area contributed by atoms with Gasteiger partial charge in [0.05, 0.1) is 0 Å². The second-order valence-electron chi connectivity index (χ2n) is 7.35. The zero-order chi connectivity index (χ0) is 27.9. The Labute approximate surface area is 225 Å². The number of benzene rings is 3. The first-order valence-corrected chi connectivity index (χ1v) is 12.3. The van der Waals surface area contributed by atoms with Crippen LogP contribution in [0.25, 0.3) is 5.57 Å². The fraction of sp³-hybridized carbons (Fsp3) is 0.160. The number of alkyl halides is 6. The quantitative estimate of drug-likeness (QED) is 0.183. The average Bonchev–Trinajstić information content (AvgIpc) is 2.81. The summed E-state index contributed by atoms with van der Waals surface area (Å²) < 4.78 is 88.7. The van der Waals surface area contributed by atoms with Crippen molar-refractivity contribution in [1.82, 2.24) is 0 Å². The summed E-state index contributed by atoms with van der Waals surface area (Å²) in [7, 11) is 0. The van der Waals surface area contributed by atoms with Crippen LogP contribution in [0, 0.1) is 0 Å². The number of thioether (sulfide) groups is 1. The topological polar surface area (TPSA) is 65.0 Å². The van der Waals surface area contributed by atoms with Gasteiger partial charge in [0, 0.05) is 15.1 Å². The van der Waals surface area contributed by atoms with Gasteiger partial charge < -0.3 is 19.3 Å². The molecule has 0 radical (unpaired) electrons. The molecule has 202 valence electrons. The second kappa shape index (κ2) is 12.5. The Bertz CT molecular complexity index is 1210. The summed E-state index contributed by atoms with van der Waals surface area (Å²) in [6.07, 6.45) is -7.94. The molecule has 3 aromatic rings. The first kappa shape index (κ1) is 29.2. The lowest BCUT2D eigenvalue weighted by molar-refractivity contribution is -0.275. The van der Waals surface area contributed by atoms with Crippen molar-refractivity contribution in [3.63, 3.8) is 0 Å². The zero-order valence-electron chi connectivity index (χ0n) is 19.0. The van der Waals surface area contributed by atoms with E-state index in [9.17, 15) is 31.1 Å². The molecule has 0 aliphatic heterocycles. The summed E-state index contributed by atoms with van der Waals surface area (Å²) in [6.45, 7) is -0.495. The van der Waals surface area contributed by atoms with Crippen LogP contribution in [-0.4, -0.2) is 36.2 Å². The summed E-state index contributed by atoms with van der Waals surface area (Å²) >= 11 is 4.77. The molecule has 3 aromatic carbocycles. The number of carboxylic acids is 1. The van der Waals surface area contributed by atoms with Gasteiger partial charge in [-0.15, -0.1) is 38.1 Å². The van der Waals surface area contributed by atoms with Crippen molar-refractivity contribution in [1.29, 1.82) is 0 Å². The van der Waals surface area contributed by atoms with E-state index in [0.29, 0.717) is 32.7 Å². The van der Waals surface area contributed by atoms with E-state index >= 15 is 0 Å². The van der Waals surface area contributed by atoms with Crippen LogP contribution < -0.4 is 14.2 Å². The van der Waals surface area contributed by atoms with Gasteiger partial charge in [0.25, 0.3) is 0 Å². The Hall–Kier alpha value is -3.32. The molecule has 1 N–H and O–H groups in total. The van der Waals surface area contributed by atoms with Crippen molar-refractivity contribution in [2.24, 2.45) is 0 Å². The van der Waals surface area contributed by atoms with Gasteiger partial charge in [0.15, 0.2) is 6.61 Å². The minimum absolute atomic E-state index is 0.349. The van der Waals surface area contributed by atoms with E-state index in [0.717, 1.165) is 29.2 Å². The van der Waals surface area contributed by atoms with Gasteiger partial charge >= 0.3 is 18.7 Å². The van der Waals surface area contributed by atoms with Crippen LogP contribution in [0.1, 0.15) is 11.1 Å². The number of halogens is 7. The number of hydrogen-bond acceptors (Lipinski definition) is 5. The van der Waals surface area contributed by atoms with E-state index in [2.05, 4.69) is 25.4 Å². The van der Waals surface area contributed by atoms with Crippen LogP contribution in [0.2, 0.25) is 0 Å². The predicted octanol–water partition coefficient (Wildman–Crippen LogP) is 7.93. The molecule has 0 saturated carbocycles. The Morgan fingerprint density at radius 3 is 1.71 bits per heavy atom. The van der Waals surface area contributed by atoms with Gasteiger partial charge in [-0.3, -0.25) is 0 Å². The van der Waals surface area contributed by atoms with Crippen LogP contribution in [0.15, 0.2) is 82.2 Å². The molecule has 0 fully saturated rings. The van der Waals surface area contributed by atoms with Gasteiger partial charge in [-0.1, -0.05) is 30.3 Å². The largest absolute Gasteiger partial charge is 0.573 e. The lowest BCUT2D eigenvalue weighted by Crippen LogP contribution is -2.17. The smallest absolute Gasteiger partial charge is 0.482 e. The highest BCUT2D eigenvalue weighted by Crippen LogP contribution is 2.34. The van der Waals surface area contributed by atoms with Gasteiger partial charge in [-0.25, -0.2) is 4.79 Å². The molecule has 0 aliphatic carbocycles. The maximum Gasteiger partial charge on any atom is 0.573 e. The van der Waals surface area contributed by atoms with Crippen molar-refractivity contribution in [2.45, 2.75) is 17.6 Å². The van der Waals surface area contributed by atoms with Gasteiger partial charge in [-0.05, 0) is 75.1 Å². The van der Waals surface area contributed by atoms with E-state index in [1.807, 2.05) is 0 Å². The highest BCUT2D eigenvalue weighted by Gasteiger charge is 2.31. The fourth-order valence-electron chi connectivity index (χ4n) is 3.12. The number of carbonyl (C=O) groups is 1. The average molecular weight is 623 g/mol. The maximum atomic E-state index is 12.5. The highest BCUT2D eigenvalue weighted by atomic mass is 79.9. The standard InChI is InChI=1S/C25H17BrF6O5S/c26-21-13-19(35-14-23(33)34)9-10-22(21)38-12-11-20(15-1-5-17(6-2-15)36-24(27,28)29)16-3-7-18(8-4-16)37-25(30,31)32/h1-11,13H,12,14H2,(H,33,34). The molecular weight excluding hydrogens is 606 g/mol. The van der Waals surface area contributed by atoms with Crippen LogP contribution in [0.4, 0.5) is 26.3 Å². The van der Waals surface area contributed by atoms with Crippen LogP contribution in [-0.2, 0) is 4.79 Å². The number of carboxylic acid groups (broad SMARTS) is 1. The number of aliphatic carboxylic acids is 1. The Morgan fingerprint density at radius 1 is 0.816 bits per heavy atom. The van der Waals surface area contributed by atoms with E-state index in [1.54, 1.807) is 24.3 Å². The second-order valence-corrected chi connectivity index (χ2v) is 9.26. The number of ether oxygens (including phenoxy) is 3. The molecule has 0 unspecified atom stereocenters. The fourth-order valence-corrected chi connectivity index (χ4v) is 4.61. The monoisotopic (exact) mass is 622 g/mol. The number of hydrogen-bond donors (Lipinski definition) is 1. The van der Waals surface area contributed by atoms with E-state index in [-0.39, 0.29) is 0 Å². The third-order valence-corrected chi connectivity index (χ3v) is 6.51. The van der Waals surface area contributed by atoms with E-state index in [1.165, 1.54) is 36.0 Å². The summed E-state index contributed by atoms with van der Waals surface area (Å²) in [5.74, 6) is -1.24. The van der Waals surface area contributed by atoms with Gasteiger partial charge in [0.2, 0.25) is 0 Å². The maximum absolute atomic E-state index is 12.5. The lowest BCUT2D eigenvalue weighted by atomic mass is 9.97. The van der Waals surface area contributed by atoms with Crippen LogP contribution in [0.5, 0.6) is 17.2 Å². The normalized spacial score (nSPS) is 11.6. The Kier molecular flexibility index (Phi) is 9.60. The molecule has 0 heterocycles. The van der Waals surface area contributed by atoms with Crippen LogP contribution in [0.3, 0.4) is 0 Å². The Morgan fingerprint density at radius 2 is 1.29 bits per heavy atom. The molecule has 0 bridgehead atoms. The SMILES string of the molecule is O=C(O)COc1ccc(SCC=C(c2ccc(OC(F)(F)F)cc2)c2ccc(OC(F)(F)F)cc2)c(Br)c1. The third-order valence-electron chi connectivity index (χ3n) is 4.59. The molecule has 5 nitrogen and oxygen atoms in total. The summed E-state index contributed by atoms with van der Waals surface area (Å²) in [5, 5.41) is 8.72. The molecule has 0 spiro atoms. The molecule has 0 aliphatic rings. The molecule has 38 heavy (non-hydrogen) atoms. The van der Waals surface area contributed by atoms with Crippen LogP contribution >= 0.6 is 27.7 Å². The highest BCUT2D eigenvalue weighted by molar-refractivity contribution is 9.10. The third kappa shape index (κ3) is 9.53. The first-order valence-electron chi connectivity index (χ1n) is 10.5. The van der Waals surface area contributed by atoms with Crippen molar-refractivity contribution in [3.05, 3.63) is 88.4 Å². The molecule has 0 amide bonds.